The fourth-order valence-electron chi connectivity index (χ4n) is 2.22. The number of fused-ring (bicyclic) bond motifs is 1. The Balaban J connectivity index is 1.94. The van der Waals surface area contributed by atoms with Crippen LogP contribution < -0.4 is 0 Å². The number of hydrogen-bond acceptors (Lipinski definition) is 2. The lowest BCUT2D eigenvalue weighted by atomic mass is 10.0. The van der Waals surface area contributed by atoms with Gasteiger partial charge in [-0.2, -0.15) is 0 Å². The van der Waals surface area contributed by atoms with Crippen molar-refractivity contribution in [3.63, 3.8) is 0 Å². The van der Waals surface area contributed by atoms with Crippen molar-refractivity contribution in [1.82, 2.24) is 4.98 Å². The molecule has 1 saturated heterocycles. The van der Waals surface area contributed by atoms with Gasteiger partial charge in [0.05, 0.1) is 11.2 Å². The van der Waals surface area contributed by atoms with Gasteiger partial charge in [-0.05, 0) is 25.0 Å². The van der Waals surface area contributed by atoms with E-state index < -0.39 is 0 Å². The Morgan fingerprint density at radius 3 is 2.94 bits per heavy atom. The molecule has 2 atom stereocenters. The number of para-hydroxylation sites is 1. The van der Waals surface area contributed by atoms with E-state index in [1.165, 1.54) is 0 Å². The largest absolute Gasteiger partial charge is 0.372 e. The number of alkyl halides is 1. The van der Waals surface area contributed by atoms with Crippen LogP contribution in [0.5, 0.6) is 0 Å². The molecule has 1 aromatic carbocycles. The summed E-state index contributed by atoms with van der Waals surface area (Å²) in [5, 5.41) is 1.37. The highest BCUT2D eigenvalue weighted by Crippen LogP contribution is 2.30. The summed E-state index contributed by atoms with van der Waals surface area (Å²) in [4.78, 5) is 4.65. The van der Waals surface area contributed by atoms with E-state index in [1.807, 2.05) is 24.3 Å². The van der Waals surface area contributed by atoms with E-state index in [-0.39, 0.29) is 11.5 Å². The molecule has 1 aliphatic heterocycles. The number of ether oxygens (including phenoxy) is 1. The van der Waals surface area contributed by atoms with Crippen molar-refractivity contribution in [2.45, 2.75) is 24.3 Å². The van der Waals surface area contributed by atoms with Gasteiger partial charge in [-0.25, -0.2) is 0 Å². The molecule has 88 valence electrons. The third kappa shape index (κ3) is 2.28. The first-order valence-electron chi connectivity index (χ1n) is 5.94. The molecule has 0 aliphatic carbocycles. The second-order valence-corrected chi connectivity index (χ2v) is 5.03. The van der Waals surface area contributed by atoms with Gasteiger partial charge in [0.1, 0.15) is 6.10 Å². The second kappa shape index (κ2) is 4.63. The summed E-state index contributed by atoms with van der Waals surface area (Å²) in [5.74, 6) is 0. The van der Waals surface area contributed by atoms with Gasteiger partial charge in [0.2, 0.25) is 0 Å². The minimum Gasteiger partial charge on any atom is -0.372 e. The lowest BCUT2D eigenvalue weighted by Crippen LogP contribution is -2.20. The van der Waals surface area contributed by atoms with Crippen LogP contribution in [0.1, 0.15) is 24.6 Å². The first-order valence-corrected chi connectivity index (χ1v) is 6.38. The number of rotatable bonds is 1. The summed E-state index contributed by atoms with van der Waals surface area (Å²) in [6, 6.07) is 12.3. The number of aromatic nitrogens is 1. The molecule has 3 heteroatoms. The third-order valence-corrected chi connectivity index (χ3v) is 3.57. The molecule has 0 amide bonds. The molecule has 0 spiro atoms. The Labute approximate surface area is 106 Å². The number of benzene rings is 1. The zero-order chi connectivity index (χ0) is 11.7. The molecular weight excluding hydrogens is 234 g/mol. The molecular formula is C14H14ClNO. The smallest absolute Gasteiger partial charge is 0.101 e. The third-order valence-electron chi connectivity index (χ3n) is 3.17. The predicted molar refractivity (Wildman–Crippen MR) is 69.3 cm³/mol. The van der Waals surface area contributed by atoms with Crippen LogP contribution in [0.15, 0.2) is 36.4 Å². The second-order valence-electron chi connectivity index (χ2n) is 4.41. The molecule has 2 unspecified atom stereocenters. The fraction of sp³-hybridized carbons (Fsp3) is 0.357. The molecule has 0 radical (unpaired) electrons. The maximum absolute atomic E-state index is 6.17. The molecule has 2 heterocycles. The van der Waals surface area contributed by atoms with Gasteiger partial charge in [-0.3, -0.25) is 4.98 Å². The highest BCUT2D eigenvalue weighted by atomic mass is 35.5. The molecule has 3 rings (SSSR count). The normalized spacial score (nSPS) is 25.0. The topological polar surface area (TPSA) is 22.1 Å². The maximum Gasteiger partial charge on any atom is 0.101 e. The van der Waals surface area contributed by atoms with E-state index in [9.17, 15) is 0 Å². The fourth-order valence-corrected chi connectivity index (χ4v) is 2.47. The average Bonchev–Trinajstić information content (AvgIpc) is 2.38. The molecule has 0 bridgehead atoms. The lowest BCUT2D eigenvalue weighted by Gasteiger charge is -2.25. The van der Waals surface area contributed by atoms with Crippen molar-refractivity contribution in [2.24, 2.45) is 0 Å². The van der Waals surface area contributed by atoms with Crippen molar-refractivity contribution >= 4 is 22.5 Å². The van der Waals surface area contributed by atoms with Crippen molar-refractivity contribution < 1.29 is 4.74 Å². The van der Waals surface area contributed by atoms with Gasteiger partial charge in [-0.15, -0.1) is 11.6 Å². The number of hydrogen-bond donors (Lipinski definition) is 0. The minimum atomic E-state index is 0.0517. The first-order chi connectivity index (χ1) is 8.33. The van der Waals surface area contributed by atoms with E-state index in [0.29, 0.717) is 0 Å². The quantitative estimate of drug-likeness (QED) is 0.717. The van der Waals surface area contributed by atoms with Gasteiger partial charge in [0.25, 0.3) is 0 Å². The van der Waals surface area contributed by atoms with Crippen LogP contribution in [0.3, 0.4) is 0 Å². The Bertz CT molecular complexity index is 528. The zero-order valence-corrected chi connectivity index (χ0v) is 10.2. The highest BCUT2D eigenvalue weighted by molar-refractivity contribution is 6.20. The Morgan fingerprint density at radius 1 is 1.18 bits per heavy atom. The Kier molecular flexibility index (Phi) is 3.00. The molecule has 2 aromatic rings. The summed E-state index contributed by atoms with van der Waals surface area (Å²) in [6.45, 7) is 0.730. The van der Waals surface area contributed by atoms with E-state index in [1.54, 1.807) is 0 Å². The molecule has 0 saturated carbocycles. The van der Waals surface area contributed by atoms with Crippen molar-refractivity contribution in [3.8, 4) is 0 Å². The summed E-state index contributed by atoms with van der Waals surface area (Å²) in [6.07, 6.45) is 1.84. The number of pyridine rings is 1. The predicted octanol–water partition coefficient (Wildman–Crippen LogP) is 3.69. The molecule has 1 aliphatic rings. The van der Waals surface area contributed by atoms with E-state index in [2.05, 4.69) is 17.1 Å². The van der Waals surface area contributed by atoms with Crippen LogP contribution in [-0.2, 0) is 4.74 Å². The van der Waals surface area contributed by atoms with Crippen LogP contribution in [-0.4, -0.2) is 17.0 Å². The molecule has 1 fully saturated rings. The highest BCUT2D eigenvalue weighted by Gasteiger charge is 2.23. The van der Waals surface area contributed by atoms with Crippen LogP contribution in [0.4, 0.5) is 0 Å². The molecule has 1 aromatic heterocycles. The van der Waals surface area contributed by atoms with Crippen LogP contribution in [0, 0.1) is 0 Å². The van der Waals surface area contributed by atoms with E-state index >= 15 is 0 Å². The van der Waals surface area contributed by atoms with Gasteiger partial charge in [0, 0.05) is 17.4 Å². The molecule has 17 heavy (non-hydrogen) atoms. The van der Waals surface area contributed by atoms with Gasteiger partial charge in [0.15, 0.2) is 0 Å². The van der Waals surface area contributed by atoms with Crippen molar-refractivity contribution in [3.05, 3.63) is 42.1 Å². The number of halogens is 1. The first kappa shape index (κ1) is 11.0. The number of nitrogens with zero attached hydrogens (tertiary/aromatic N) is 1. The van der Waals surface area contributed by atoms with Crippen molar-refractivity contribution in [2.75, 3.05) is 6.61 Å². The summed E-state index contributed by atoms with van der Waals surface area (Å²) < 4.78 is 5.74. The van der Waals surface area contributed by atoms with Crippen LogP contribution in [0.2, 0.25) is 0 Å². The van der Waals surface area contributed by atoms with Crippen LogP contribution >= 0.6 is 11.6 Å². The molecule has 0 N–H and O–H groups in total. The maximum atomic E-state index is 6.17. The van der Waals surface area contributed by atoms with Gasteiger partial charge in [-0.1, -0.05) is 24.3 Å². The van der Waals surface area contributed by atoms with Gasteiger partial charge < -0.3 is 4.74 Å². The summed E-state index contributed by atoms with van der Waals surface area (Å²) >= 11 is 6.17. The van der Waals surface area contributed by atoms with Crippen LogP contribution in [0.25, 0.3) is 10.9 Å². The monoisotopic (exact) mass is 247 g/mol. The van der Waals surface area contributed by atoms with E-state index in [0.717, 1.165) is 36.0 Å². The minimum absolute atomic E-state index is 0.0517. The standard InChI is InChI=1S/C14H14ClNO/c15-11-7-8-17-14(9-11)13-6-5-10-3-1-2-4-12(10)16-13/h1-6,11,14H,7-9H2. The SMILES string of the molecule is ClC1CCOC(c2ccc3ccccc3n2)C1. The average molecular weight is 248 g/mol. The lowest BCUT2D eigenvalue weighted by molar-refractivity contribution is 0.0144. The van der Waals surface area contributed by atoms with E-state index in [4.69, 9.17) is 16.3 Å². The summed E-state index contributed by atoms with van der Waals surface area (Å²) in [7, 11) is 0. The Hall–Kier alpha value is -1.12. The summed E-state index contributed by atoms with van der Waals surface area (Å²) in [5.41, 5.74) is 2.01. The van der Waals surface area contributed by atoms with Crippen molar-refractivity contribution in [1.29, 1.82) is 0 Å². The zero-order valence-electron chi connectivity index (χ0n) is 9.47. The molecule has 2 nitrogen and oxygen atoms in total. The Morgan fingerprint density at radius 2 is 2.06 bits per heavy atom. The van der Waals surface area contributed by atoms with Gasteiger partial charge >= 0.3 is 0 Å².